The average molecular weight is 395 g/mol. The smallest absolute Gasteiger partial charge is 0.255 e. The van der Waals surface area contributed by atoms with Crippen molar-refractivity contribution in [2.24, 2.45) is 11.8 Å². The van der Waals surface area contributed by atoms with E-state index in [1.807, 2.05) is 29.2 Å². The lowest BCUT2D eigenvalue weighted by Crippen LogP contribution is -2.48. The summed E-state index contributed by atoms with van der Waals surface area (Å²) in [7, 11) is 0. The molecule has 0 spiro atoms. The quantitative estimate of drug-likeness (QED) is 0.713. The minimum Gasteiger partial charge on any atom is -0.351 e. The molecule has 2 amide bonds. The summed E-state index contributed by atoms with van der Waals surface area (Å²) in [5.74, 6) is 1.09. The van der Waals surface area contributed by atoms with Gasteiger partial charge >= 0.3 is 0 Å². The summed E-state index contributed by atoms with van der Waals surface area (Å²) in [4.78, 5) is 28.3. The molecule has 1 N–H and O–H groups in total. The Morgan fingerprint density at radius 2 is 1.97 bits per heavy atom. The Morgan fingerprint density at radius 1 is 1.14 bits per heavy atom. The van der Waals surface area contributed by atoms with Gasteiger partial charge in [0.1, 0.15) is 6.04 Å². The molecule has 0 saturated heterocycles. The number of nitrogens with zero attached hydrogens (tertiary/aromatic N) is 1. The molecule has 1 saturated carbocycles. The number of amides is 2. The highest BCUT2D eigenvalue weighted by Crippen LogP contribution is 2.36. The van der Waals surface area contributed by atoms with Gasteiger partial charge in [-0.05, 0) is 62.0 Å². The molecule has 1 aromatic rings. The molecule has 4 nitrogen and oxygen atoms in total. The third-order valence-corrected chi connectivity index (χ3v) is 7.40. The van der Waals surface area contributed by atoms with Gasteiger partial charge in [0.2, 0.25) is 5.91 Å². The zero-order chi connectivity index (χ0) is 20.4. The summed E-state index contributed by atoms with van der Waals surface area (Å²) in [6, 6.07) is 7.35. The molecule has 0 aromatic heterocycles. The fraction of sp³-hybridized carbons (Fsp3) is 0.600. The average Bonchev–Trinajstić information content (AvgIpc) is 3.03. The van der Waals surface area contributed by atoms with Crippen molar-refractivity contribution in [2.45, 2.75) is 77.3 Å². The number of benzene rings is 1. The molecule has 4 atom stereocenters. The highest BCUT2D eigenvalue weighted by Gasteiger charge is 2.42. The lowest BCUT2D eigenvalue weighted by Gasteiger charge is -2.36. The SMILES string of the molecule is C[C@@H]1[C@H](C)CCC[C@@H]1NC(=O)[C@@H]1c2ccccc2C(=O)N1CCC1=CCCCC1. The van der Waals surface area contributed by atoms with Gasteiger partial charge in [0.05, 0.1) is 0 Å². The molecule has 0 radical (unpaired) electrons. The van der Waals surface area contributed by atoms with Gasteiger partial charge in [0.25, 0.3) is 5.91 Å². The van der Waals surface area contributed by atoms with Crippen LogP contribution < -0.4 is 5.32 Å². The molecular weight excluding hydrogens is 360 g/mol. The molecule has 1 aliphatic heterocycles. The fourth-order valence-electron chi connectivity index (χ4n) is 5.33. The summed E-state index contributed by atoms with van der Waals surface area (Å²) in [5.41, 5.74) is 2.99. The van der Waals surface area contributed by atoms with Crippen molar-refractivity contribution in [3.05, 3.63) is 47.0 Å². The molecule has 1 aromatic carbocycles. The Labute approximate surface area is 174 Å². The third kappa shape index (κ3) is 4.12. The van der Waals surface area contributed by atoms with Crippen LogP contribution >= 0.6 is 0 Å². The number of allylic oxidation sites excluding steroid dienone is 1. The predicted octanol–water partition coefficient (Wildman–Crippen LogP) is 5.01. The lowest BCUT2D eigenvalue weighted by molar-refractivity contribution is -0.127. The number of nitrogens with one attached hydrogen (secondary N) is 1. The first-order valence-electron chi connectivity index (χ1n) is 11.4. The molecule has 3 aliphatic rings. The largest absolute Gasteiger partial charge is 0.351 e. The molecule has 4 heteroatoms. The summed E-state index contributed by atoms with van der Waals surface area (Å²) >= 11 is 0. The van der Waals surface area contributed by atoms with E-state index in [2.05, 4.69) is 25.2 Å². The first-order chi connectivity index (χ1) is 14.1. The first-order valence-corrected chi connectivity index (χ1v) is 11.4. The van der Waals surface area contributed by atoms with Gasteiger partial charge in [0.15, 0.2) is 0 Å². The van der Waals surface area contributed by atoms with Crippen LogP contribution in [-0.4, -0.2) is 29.3 Å². The van der Waals surface area contributed by atoms with Gasteiger partial charge in [-0.1, -0.05) is 56.5 Å². The van der Waals surface area contributed by atoms with Crippen molar-refractivity contribution in [3.8, 4) is 0 Å². The minimum atomic E-state index is -0.493. The predicted molar refractivity (Wildman–Crippen MR) is 115 cm³/mol. The number of hydrogen-bond donors (Lipinski definition) is 1. The summed E-state index contributed by atoms with van der Waals surface area (Å²) in [6.07, 6.45) is 11.4. The Kier molecular flexibility index (Phi) is 6.07. The Morgan fingerprint density at radius 3 is 2.76 bits per heavy atom. The third-order valence-electron chi connectivity index (χ3n) is 7.40. The van der Waals surface area contributed by atoms with Gasteiger partial charge < -0.3 is 10.2 Å². The maximum atomic E-state index is 13.4. The first kappa shape index (κ1) is 20.2. The second kappa shape index (κ2) is 8.73. The highest BCUT2D eigenvalue weighted by atomic mass is 16.2. The monoisotopic (exact) mass is 394 g/mol. The molecule has 2 aliphatic carbocycles. The van der Waals surface area contributed by atoms with Crippen molar-refractivity contribution < 1.29 is 9.59 Å². The van der Waals surface area contributed by atoms with Crippen molar-refractivity contribution in [1.82, 2.24) is 10.2 Å². The van der Waals surface area contributed by atoms with Crippen LogP contribution in [-0.2, 0) is 4.79 Å². The van der Waals surface area contributed by atoms with E-state index in [0.717, 1.165) is 37.7 Å². The van der Waals surface area contributed by atoms with Crippen molar-refractivity contribution in [1.29, 1.82) is 0 Å². The van der Waals surface area contributed by atoms with Crippen LogP contribution in [0.5, 0.6) is 0 Å². The summed E-state index contributed by atoms with van der Waals surface area (Å²) in [5, 5.41) is 3.32. The number of carbonyl (C=O) groups is 2. The van der Waals surface area contributed by atoms with Gasteiger partial charge in [-0.3, -0.25) is 9.59 Å². The van der Waals surface area contributed by atoms with Crippen LogP contribution in [0.2, 0.25) is 0 Å². The fourth-order valence-corrected chi connectivity index (χ4v) is 5.33. The van der Waals surface area contributed by atoms with Gasteiger partial charge in [-0.25, -0.2) is 0 Å². The summed E-state index contributed by atoms with van der Waals surface area (Å²) in [6.45, 7) is 5.14. The number of fused-ring (bicyclic) bond motifs is 1. The van der Waals surface area contributed by atoms with Gasteiger partial charge in [-0.15, -0.1) is 0 Å². The van der Waals surface area contributed by atoms with Crippen molar-refractivity contribution in [2.75, 3.05) is 6.54 Å². The molecule has 0 unspecified atom stereocenters. The van der Waals surface area contributed by atoms with Gasteiger partial charge in [-0.2, -0.15) is 0 Å². The van der Waals surface area contributed by atoms with Crippen LogP contribution in [0, 0.1) is 11.8 Å². The van der Waals surface area contributed by atoms with Crippen LogP contribution in [0.4, 0.5) is 0 Å². The number of rotatable bonds is 5. The van der Waals surface area contributed by atoms with Crippen LogP contribution in [0.3, 0.4) is 0 Å². The van der Waals surface area contributed by atoms with E-state index in [4.69, 9.17) is 0 Å². The molecule has 1 fully saturated rings. The van der Waals surface area contributed by atoms with Crippen molar-refractivity contribution in [3.63, 3.8) is 0 Å². The Balaban J connectivity index is 1.53. The van der Waals surface area contributed by atoms with Crippen LogP contribution in [0.25, 0.3) is 0 Å². The molecule has 1 heterocycles. The lowest BCUT2D eigenvalue weighted by atomic mass is 9.78. The van der Waals surface area contributed by atoms with E-state index in [1.54, 1.807) is 0 Å². The normalized spacial score (nSPS) is 29.4. The molecule has 156 valence electrons. The van der Waals surface area contributed by atoms with Gasteiger partial charge in [0, 0.05) is 18.2 Å². The second-order valence-corrected chi connectivity index (χ2v) is 9.23. The van der Waals surface area contributed by atoms with Crippen molar-refractivity contribution >= 4 is 11.8 Å². The molecular formula is C25H34N2O2. The second-order valence-electron chi connectivity index (χ2n) is 9.23. The van der Waals surface area contributed by atoms with E-state index < -0.39 is 6.04 Å². The maximum absolute atomic E-state index is 13.4. The Bertz CT molecular complexity index is 800. The molecule has 4 rings (SSSR count). The van der Waals surface area contributed by atoms with E-state index >= 15 is 0 Å². The number of hydrogen-bond acceptors (Lipinski definition) is 2. The van der Waals surface area contributed by atoms with E-state index in [-0.39, 0.29) is 17.9 Å². The van der Waals surface area contributed by atoms with E-state index in [0.29, 0.717) is 23.9 Å². The maximum Gasteiger partial charge on any atom is 0.255 e. The number of carbonyl (C=O) groups excluding carboxylic acids is 2. The zero-order valence-electron chi connectivity index (χ0n) is 17.8. The van der Waals surface area contributed by atoms with E-state index in [9.17, 15) is 9.59 Å². The summed E-state index contributed by atoms with van der Waals surface area (Å²) < 4.78 is 0. The van der Waals surface area contributed by atoms with Crippen LogP contribution in [0.15, 0.2) is 35.9 Å². The highest BCUT2D eigenvalue weighted by molar-refractivity contribution is 6.04. The zero-order valence-corrected chi connectivity index (χ0v) is 17.8. The Hall–Kier alpha value is -2.10. The van der Waals surface area contributed by atoms with Crippen LogP contribution in [0.1, 0.15) is 87.2 Å². The molecule has 29 heavy (non-hydrogen) atoms. The standard InChI is InChI=1S/C25H34N2O2/c1-17-9-8-14-22(18(17)2)26-24(28)23-20-12-6-7-13-21(20)25(29)27(23)16-15-19-10-4-3-5-11-19/h6-7,10,12-13,17-18,22-23H,3-5,8-9,11,14-16H2,1-2H3,(H,26,28)/t17-,18-,22+,23+/m1/s1. The van der Waals surface area contributed by atoms with E-state index in [1.165, 1.54) is 24.8 Å². The molecule has 0 bridgehead atoms. The minimum absolute atomic E-state index is 0.00206. The topological polar surface area (TPSA) is 49.4 Å².